The summed E-state index contributed by atoms with van der Waals surface area (Å²) in [5, 5.41) is 16.6. The van der Waals surface area contributed by atoms with E-state index in [-0.39, 0.29) is 37.6 Å². The lowest BCUT2D eigenvalue weighted by atomic mass is 10.0. The molecule has 0 bridgehead atoms. The van der Waals surface area contributed by atoms with Crippen LogP contribution in [0.2, 0.25) is 0 Å². The average molecular weight is 234 g/mol. The van der Waals surface area contributed by atoms with Gasteiger partial charge in [-0.3, -0.25) is 0 Å². The first-order valence-corrected chi connectivity index (χ1v) is 5.68. The summed E-state index contributed by atoms with van der Waals surface area (Å²) in [4.78, 5) is 0. The number of fused-ring (bicyclic) bond motifs is 1. The van der Waals surface area contributed by atoms with Crippen molar-refractivity contribution in [1.29, 1.82) is 0 Å². The van der Waals surface area contributed by atoms with Gasteiger partial charge in [0.15, 0.2) is 12.1 Å². The molecule has 2 aliphatic heterocycles. The van der Waals surface area contributed by atoms with E-state index in [9.17, 15) is 0 Å². The van der Waals surface area contributed by atoms with Crippen molar-refractivity contribution in [1.82, 2.24) is 0 Å². The van der Waals surface area contributed by atoms with Crippen LogP contribution in [-0.2, 0) is 14.2 Å². The minimum Gasteiger partial charge on any atom is -0.397 e. The van der Waals surface area contributed by atoms with Crippen LogP contribution < -0.4 is 0 Å². The van der Waals surface area contributed by atoms with Crippen molar-refractivity contribution in [2.24, 2.45) is 5.92 Å². The van der Waals surface area contributed by atoms with Crippen LogP contribution in [-0.4, -0.2) is 47.7 Å². The fourth-order valence-electron chi connectivity index (χ4n) is 1.94. The third-order valence-corrected chi connectivity index (χ3v) is 2.68. The van der Waals surface area contributed by atoms with E-state index in [4.69, 9.17) is 24.4 Å². The summed E-state index contributed by atoms with van der Waals surface area (Å²) >= 11 is 0. The highest BCUT2D eigenvalue weighted by atomic mass is 16.8. The highest BCUT2D eigenvalue weighted by Crippen LogP contribution is 2.40. The van der Waals surface area contributed by atoms with Crippen molar-refractivity contribution in [2.45, 2.75) is 52.0 Å². The van der Waals surface area contributed by atoms with Gasteiger partial charge in [-0.2, -0.15) is 0 Å². The first kappa shape index (κ1) is 13.9. The number of rotatable bonds is 1. The van der Waals surface area contributed by atoms with E-state index in [2.05, 4.69) is 0 Å². The van der Waals surface area contributed by atoms with Gasteiger partial charge in [0.05, 0.1) is 12.7 Å². The number of aliphatic hydroxyl groups is 2. The predicted molar refractivity (Wildman–Crippen MR) is 57.7 cm³/mol. The summed E-state index contributed by atoms with van der Waals surface area (Å²) in [6, 6.07) is 0. The van der Waals surface area contributed by atoms with Gasteiger partial charge in [-0.1, -0.05) is 6.92 Å². The zero-order valence-corrected chi connectivity index (χ0v) is 10.3. The zero-order chi connectivity index (χ0) is 12.3. The number of ether oxygens (including phenoxy) is 3. The zero-order valence-electron chi connectivity index (χ0n) is 10.3. The van der Waals surface area contributed by atoms with Crippen LogP contribution >= 0.6 is 0 Å². The van der Waals surface area contributed by atoms with Crippen LogP contribution in [0.3, 0.4) is 0 Å². The molecule has 0 aromatic rings. The van der Waals surface area contributed by atoms with E-state index < -0.39 is 5.79 Å². The van der Waals surface area contributed by atoms with Gasteiger partial charge in [-0.15, -0.1) is 0 Å². The third kappa shape index (κ3) is 2.93. The van der Waals surface area contributed by atoms with Gasteiger partial charge in [-0.05, 0) is 20.8 Å². The number of hydrogen-bond donors (Lipinski definition) is 2. The molecule has 0 aliphatic carbocycles. The van der Waals surface area contributed by atoms with Crippen LogP contribution in [0, 0.1) is 5.92 Å². The van der Waals surface area contributed by atoms with Crippen molar-refractivity contribution >= 4 is 0 Å². The molecule has 0 unspecified atom stereocenters. The number of hydrogen-bond acceptors (Lipinski definition) is 5. The van der Waals surface area contributed by atoms with Gasteiger partial charge in [-0.25, -0.2) is 0 Å². The summed E-state index contributed by atoms with van der Waals surface area (Å²) in [6.45, 7) is 7.71. The monoisotopic (exact) mass is 234 g/mol. The molecule has 5 heteroatoms. The third-order valence-electron chi connectivity index (χ3n) is 2.68. The standard InChI is InChI=1S/C9H16O4.C2H6O/c1-5-6(4-10)11-8-7(5)12-9(2,3)13-8;1-2-3/h5-8,10H,4H2,1-3H3;3H,2H2,1H3/t5-,6+,7+,8+;/m0./s1. The Morgan fingerprint density at radius 1 is 1.19 bits per heavy atom. The fourth-order valence-corrected chi connectivity index (χ4v) is 1.94. The maximum absolute atomic E-state index is 8.99. The number of aliphatic hydroxyl groups excluding tert-OH is 2. The van der Waals surface area contributed by atoms with Gasteiger partial charge >= 0.3 is 0 Å². The normalized spacial score (nSPS) is 40.1. The van der Waals surface area contributed by atoms with E-state index >= 15 is 0 Å². The molecule has 96 valence electrons. The first-order valence-electron chi connectivity index (χ1n) is 5.68. The molecule has 2 N–H and O–H groups in total. The smallest absolute Gasteiger partial charge is 0.187 e. The van der Waals surface area contributed by atoms with E-state index in [1.54, 1.807) is 6.92 Å². The first-order chi connectivity index (χ1) is 7.45. The molecule has 2 heterocycles. The van der Waals surface area contributed by atoms with Gasteiger partial charge in [0.25, 0.3) is 0 Å². The quantitative estimate of drug-likeness (QED) is 0.691. The summed E-state index contributed by atoms with van der Waals surface area (Å²) in [7, 11) is 0. The Morgan fingerprint density at radius 3 is 2.19 bits per heavy atom. The Labute approximate surface area is 96.3 Å². The van der Waals surface area contributed by atoms with Crippen LogP contribution in [0.15, 0.2) is 0 Å². The molecule has 5 nitrogen and oxygen atoms in total. The summed E-state index contributed by atoms with van der Waals surface area (Å²) in [5.41, 5.74) is 0. The molecular weight excluding hydrogens is 212 g/mol. The van der Waals surface area contributed by atoms with Crippen molar-refractivity contribution in [3.05, 3.63) is 0 Å². The van der Waals surface area contributed by atoms with Crippen LogP contribution in [0.1, 0.15) is 27.7 Å². The summed E-state index contributed by atoms with van der Waals surface area (Å²) in [5.74, 6) is -0.360. The minimum atomic E-state index is -0.552. The Kier molecular flexibility index (Phi) is 4.70. The molecule has 4 atom stereocenters. The van der Waals surface area contributed by atoms with Gasteiger partial charge in [0.1, 0.15) is 6.10 Å². The van der Waals surface area contributed by atoms with Gasteiger partial charge < -0.3 is 24.4 Å². The second-order valence-electron chi connectivity index (χ2n) is 4.50. The van der Waals surface area contributed by atoms with E-state index in [0.717, 1.165) is 0 Å². The van der Waals surface area contributed by atoms with Crippen LogP contribution in [0.25, 0.3) is 0 Å². The molecule has 0 amide bonds. The van der Waals surface area contributed by atoms with Gasteiger partial charge in [0, 0.05) is 12.5 Å². The Bertz CT molecular complexity index is 218. The molecule has 2 rings (SSSR count). The highest BCUT2D eigenvalue weighted by molar-refractivity contribution is 4.90. The molecule has 0 spiro atoms. The lowest BCUT2D eigenvalue weighted by molar-refractivity contribution is -0.212. The maximum Gasteiger partial charge on any atom is 0.187 e. The van der Waals surface area contributed by atoms with Crippen LogP contribution in [0.5, 0.6) is 0 Å². The largest absolute Gasteiger partial charge is 0.397 e. The molecule has 0 saturated carbocycles. The lowest BCUT2D eigenvalue weighted by Crippen LogP contribution is -2.30. The molecule has 2 fully saturated rings. The van der Waals surface area contributed by atoms with E-state index in [1.165, 1.54) is 0 Å². The van der Waals surface area contributed by atoms with E-state index in [0.29, 0.717) is 0 Å². The van der Waals surface area contributed by atoms with Crippen molar-refractivity contribution in [2.75, 3.05) is 13.2 Å². The molecule has 2 aliphatic rings. The minimum absolute atomic E-state index is 0.0291. The highest BCUT2D eigenvalue weighted by Gasteiger charge is 2.52. The molecule has 0 aromatic carbocycles. The van der Waals surface area contributed by atoms with Crippen molar-refractivity contribution in [3.8, 4) is 0 Å². The Hall–Kier alpha value is -0.200. The van der Waals surface area contributed by atoms with E-state index in [1.807, 2.05) is 20.8 Å². The molecule has 2 saturated heterocycles. The molecule has 0 aromatic heterocycles. The van der Waals surface area contributed by atoms with Crippen molar-refractivity contribution < 1.29 is 24.4 Å². The van der Waals surface area contributed by atoms with Crippen molar-refractivity contribution in [3.63, 3.8) is 0 Å². The lowest BCUT2D eigenvalue weighted by Gasteiger charge is -2.22. The van der Waals surface area contributed by atoms with Crippen LogP contribution in [0.4, 0.5) is 0 Å². The maximum atomic E-state index is 8.99. The fraction of sp³-hybridized carbons (Fsp3) is 1.00. The Balaban J connectivity index is 0.000000386. The molecule has 0 radical (unpaired) electrons. The topological polar surface area (TPSA) is 68.2 Å². The summed E-state index contributed by atoms with van der Waals surface area (Å²) < 4.78 is 16.7. The average Bonchev–Trinajstić information content (AvgIpc) is 2.62. The summed E-state index contributed by atoms with van der Waals surface area (Å²) in [6.07, 6.45) is -0.486. The SMILES string of the molecule is CCO.C[C@@H]1[C@H]2OC(C)(C)O[C@H]2O[C@@H]1CO. The Morgan fingerprint density at radius 2 is 1.75 bits per heavy atom. The second kappa shape index (κ2) is 5.42. The molecular formula is C11H22O5. The predicted octanol–water partition coefficient (Wildman–Crippen LogP) is 0.490. The molecule has 16 heavy (non-hydrogen) atoms. The van der Waals surface area contributed by atoms with Gasteiger partial charge in [0.2, 0.25) is 0 Å². The second-order valence-corrected chi connectivity index (χ2v) is 4.50.